The second-order valence-electron chi connectivity index (χ2n) is 5.25. The van der Waals surface area contributed by atoms with Gasteiger partial charge in [-0.15, -0.1) is 0 Å². The van der Waals surface area contributed by atoms with E-state index in [4.69, 9.17) is 4.42 Å². The Bertz CT molecular complexity index is 1010. The molecule has 2 amide bonds. The summed E-state index contributed by atoms with van der Waals surface area (Å²) in [5, 5.41) is -0.121. The van der Waals surface area contributed by atoms with Crippen molar-refractivity contribution in [2.24, 2.45) is 0 Å². The van der Waals surface area contributed by atoms with E-state index in [-0.39, 0.29) is 22.6 Å². The third kappa shape index (κ3) is 2.23. The summed E-state index contributed by atoms with van der Waals surface area (Å²) in [4.78, 5) is 38.2. The molecule has 3 aromatic rings. The molecular weight excluding hydrogens is 326 g/mol. The molecule has 2 aromatic carbocycles. The van der Waals surface area contributed by atoms with E-state index < -0.39 is 11.1 Å². The summed E-state index contributed by atoms with van der Waals surface area (Å²) < 4.78 is 5.91. The fourth-order valence-electron chi connectivity index (χ4n) is 2.69. The van der Waals surface area contributed by atoms with E-state index in [0.717, 1.165) is 16.7 Å². The van der Waals surface area contributed by atoms with Crippen molar-refractivity contribution in [2.75, 3.05) is 10.7 Å². The maximum Gasteiger partial charge on any atom is 0.293 e. The van der Waals surface area contributed by atoms with E-state index in [1.54, 1.807) is 48.5 Å². The van der Waals surface area contributed by atoms with Gasteiger partial charge >= 0.3 is 0 Å². The number of anilines is 1. The van der Waals surface area contributed by atoms with Crippen molar-refractivity contribution in [2.45, 2.75) is 0 Å². The quantitative estimate of drug-likeness (QED) is 0.714. The third-order valence-corrected chi connectivity index (χ3v) is 4.61. The number of carbonyl (C=O) groups excluding carboxylic acids is 2. The molecule has 1 aliphatic heterocycles. The van der Waals surface area contributed by atoms with E-state index in [9.17, 15) is 14.4 Å². The molecular formula is C18H11NO4S. The van der Waals surface area contributed by atoms with Crippen molar-refractivity contribution in [1.29, 1.82) is 0 Å². The largest absolute Gasteiger partial charge is 0.454 e. The first-order valence-electron chi connectivity index (χ1n) is 7.28. The minimum atomic E-state index is -0.459. The van der Waals surface area contributed by atoms with Gasteiger partial charge in [0, 0.05) is 5.56 Å². The third-order valence-electron chi connectivity index (χ3n) is 3.78. The zero-order valence-corrected chi connectivity index (χ0v) is 13.2. The minimum Gasteiger partial charge on any atom is -0.454 e. The van der Waals surface area contributed by atoms with Crippen LogP contribution in [0.4, 0.5) is 10.5 Å². The van der Waals surface area contributed by atoms with Crippen molar-refractivity contribution < 1.29 is 14.0 Å². The molecule has 0 bridgehead atoms. The van der Waals surface area contributed by atoms with Crippen LogP contribution in [0.1, 0.15) is 0 Å². The van der Waals surface area contributed by atoms with Crippen LogP contribution in [0.25, 0.3) is 22.3 Å². The Morgan fingerprint density at radius 3 is 2.33 bits per heavy atom. The summed E-state index contributed by atoms with van der Waals surface area (Å²) >= 11 is 0.883. The van der Waals surface area contributed by atoms with Crippen LogP contribution in [-0.2, 0) is 4.79 Å². The molecule has 2 heterocycles. The number of amides is 2. The van der Waals surface area contributed by atoms with Crippen LogP contribution in [0.3, 0.4) is 0 Å². The standard InChI is InChI=1S/C18H11NO4S/c20-14-10-24-18(22)19(14)15-16(21)12-8-4-5-9-13(12)23-17(15)11-6-2-1-3-7-11/h1-9H,10H2. The normalized spacial score (nSPS) is 14.6. The van der Waals surface area contributed by atoms with Crippen LogP contribution in [0.15, 0.2) is 63.8 Å². The number of thioether (sulfide) groups is 1. The first-order chi connectivity index (χ1) is 11.7. The Balaban J connectivity index is 2.10. The minimum absolute atomic E-state index is 0.0140. The molecule has 0 N–H and O–H groups in total. The second kappa shape index (κ2) is 5.65. The summed E-state index contributed by atoms with van der Waals surface area (Å²) in [7, 11) is 0. The van der Waals surface area contributed by atoms with Gasteiger partial charge in [0.05, 0.1) is 11.1 Å². The molecule has 118 valence electrons. The van der Waals surface area contributed by atoms with Gasteiger partial charge in [0.2, 0.25) is 11.3 Å². The lowest BCUT2D eigenvalue weighted by Crippen LogP contribution is -2.33. The highest BCUT2D eigenvalue weighted by atomic mass is 32.2. The molecule has 6 heteroatoms. The summed E-state index contributed by atoms with van der Waals surface area (Å²) in [5.74, 6) is -0.160. The summed E-state index contributed by atoms with van der Waals surface area (Å²) in [6.07, 6.45) is 0. The van der Waals surface area contributed by atoms with Crippen molar-refractivity contribution in [3.8, 4) is 11.3 Å². The number of benzene rings is 2. The van der Waals surface area contributed by atoms with Gasteiger partial charge in [-0.05, 0) is 12.1 Å². The number of hydrogen-bond donors (Lipinski definition) is 0. The maximum atomic E-state index is 13.0. The number of carbonyl (C=O) groups is 2. The molecule has 0 spiro atoms. The first-order valence-corrected chi connectivity index (χ1v) is 8.26. The van der Waals surface area contributed by atoms with Crippen LogP contribution < -0.4 is 10.3 Å². The summed E-state index contributed by atoms with van der Waals surface area (Å²) in [5.41, 5.74) is 0.643. The smallest absolute Gasteiger partial charge is 0.293 e. The zero-order valence-electron chi connectivity index (χ0n) is 12.4. The van der Waals surface area contributed by atoms with E-state index in [0.29, 0.717) is 16.5 Å². The predicted octanol–water partition coefficient (Wildman–Crippen LogP) is 3.66. The van der Waals surface area contributed by atoms with Gasteiger partial charge in [-0.1, -0.05) is 54.2 Å². The molecule has 0 saturated carbocycles. The van der Waals surface area contributed by atoms with Gasteiger partial charge in [0.25, 0.3) is 5.24 Å². The van der Waals surface area contributed by atoms with Crippen LogP contribution >= 0.6 is 11.8 Å². The Morgan fingerprint density at radius 2 is 1.62 bits per heavy atom. The molecule has 0 atom stereocenters. The summed E-state index contributed by atoms with van der Waals surface area (Å²) in [6.45, 7) is 0. The van der Waals surface area contributed by atoms with Crippen molar-refractivity contribution in [1.82, 2.24) is 0 Å². The molecule has 5 nitrogen and oxygen atoms in total. The van der Waals surface area contributed by atoms with E-state index in [1.807, 2.05) is 6.07 Å². The molecule has 1 aliphatic rings. The van der Waals surface area contributed by atoms with Crippen molar-refractivity contribution in [3.05, 3.63) is 64.8 Å². The lowest BCUT2D eigenvalue weighted by Gasteiger charge is -2.16. The summed E-state index contributed by atoms with van der Waals surface area (Å²) in [6, 6.07) is 15.8. The Labute approximate surface area is 140 Å². The average molecular weight is 337 g/mol. The monoisotopic (exact) mass is 337 g/mol. The topological polar surface area (TPSA) is 67.6 Å². The van der Waals surface area contributed by atoms with Gasteiger partial charge in [-0.2, -0.15) is 0 Å². The Hall–Kier alpha value is -2.86. The first kappa shape index (κ1) is 14.7. The lowest BCUT2D eigenvalue weighted by molar-refractivity contribution is -0.115. The molecule has 0 unspecified atom stereocenters. The zero-order chi connectivity index (χ0) is 16.7. The van der Waals surface area contributed by atoms with Crippen molar-refractivity contribution >= 4 is 39.6 Å². The highest BCUT2D eigenvalue weighted by Crippen LogP contribution is 2.35. The van der Waals surface area contributed by atoms with Crippen LogP contribution in [0.2, 0.25) is 0 Å². The second-order valence-corrected chi connectivity index (χ2v) is 6.18. The number of fused-ring (bicyclic) bond motifs is 1. The van der Waals surface area contributed by atoms with Gasteiger partial charge in [0.15, 0.2) is 5.76 Å². The lowest BCUT2D eigenvalue weighted by atomic mass is 10.1. The highest BCUT2D eigenvalue weighted by Gasteiger charge is 2.36. The van der Waals surface area contributed by atoms with Gasteiger partial charge < -0.3 is 4.42 Å². The van der Waals surface area contributed by atoms with Crippen molar-refractivity contribution in [3.63, 3.8) is 0 Å². The SMILES string of the molecule is O=C1CSC(=O)N1c1c(-c2ccccc2)oc2ccccc2c1=O. The highest BCUT2D eigenvalue weighted by molar-refractivity contribution is 8.15. The average Bonchev–Trinajstić information content (AvgIpc) is 2.94. The molecule has 1 aromatic heterocycles. The molecule has 4 rings (SSSR count). The van der Waals surface area contributed by atoms with Gasteiger partial charge in [-0.25, -0.2) is 4.90 Å². The fourth-order valence-corrected chi connectivity index (χ4v) is 3.39. The predicted molar refractivity (Wildman–Crippen MR) is 93.3 cm³/mol. The Kier molecular flexibility index (Phi) is 3.46. The molecule has 0 radical (unpaired) electrons. The van der Waals surface area contributed by atoms with E-state index in [1.165, 1.54) is 0 Å². The Morgan fingerprint density at radius 1 is 0.917 bits per heavy atom. The van der Waals surface area contributed by atoms with E-state index >= 15 is 0 Å². The number of imide groups is 1. The fraction of sp³-hybridized carbons (Fsp3) is 0.0556. The number of hydrogen-bond acceptors (Lipinski definition) is 5. The van der Waals surface area contributed by atoms with E-state index in [2.05, 4.69) is 0 Å². The van der Waals surface area contributed by atoms with Gasteiger partial charge in [-0.3, -0.25) is 14.4 Å². The molecule has 1 fully saturated rings. The van der Waals surface area contributed by atoms with Crippen LogP contribution in [-0.4, -0.2) is 16.9 Å². The number of nitrogens with zero attached hydrogens (tertiary/aromatic N) is 1. The molecule has 24 heavy (non-hydrogen) atoms. The number of para-hydroxylation sites is 1. The van der Waals surface area contributed by atoms with Gasteiger partial charge in [0.1, 0.15) is 11.3 Å². The molecule has 1 saturated heterocycles. The number of rotatable bonds is 2. The van der Waals surface area contributed by atoms with Crippen LogP contribution in [0.5, 0.6) is 0 Å². The van der Waals surface area contributed by atoms with Crippen LogP contribution in [0, 0.1) is 0 Å². The maximum absolute atomic E-state index is 13.0. The molecule has 0 aliphatic carbocycles.